The van der Waals surface area contributed by atoms with Crippen LogP contribution in [0.2, 0.25) is 0 Å². The summed E-state index contributed by atoms with van der Waals surface area (Å²) in [6.07, 6.45) is 1.60. The molecule has 1 aliphatic carbocycles. The minimum atomic E-state index is -1.64. The number of likely N-dealkylation sites (tertiary alicyclic amines) is 1. The van der Waals surface area contributed by atoms with Crippen LogP contribution in [0, 0.1) is 24.0 Å². The summed E-state index contributed by atoms with van der Waals surface area (Å²) in [5.41, 5.74) is 6.32. The summed E-state index contributed by atoms with van der Waals surface area (Å²) in [6, 6.07) is 17.7. The molecule has 4 heterocycles. The van der Waals surface area contributed by atoms with E-state index in [-0.39, 0.29) is 55.6 Å². The molecule has 2 aromatic heterocycles. The highest BCUT2D eigenvalue weighted by Gasteiger charge is 2.45. The number of hydrogen-bond donors (Lipinski definition) is 4. The third-order valence-electron chi connectivity index (χ3n) is 13.3. The van der Waals surface area contributed by atoms with Crippen LogP contribution in [0.5, 0.6) is 0 Å². The molecule has 3 aliphatic rings. The molecule has 1 saturated heterocycles. The van der Waals surface area contributed by atoms with E-state index < -0.39 is 77.2 Å². The molecule has 5 aromatic rings. The van der Waals surface area contributed by atoms with Crippen molar-refractivity contribution in [3.05, 3.63) is 141 Å². The van der Waals surface area contributed by atoms with E-state index in [4.69, 9.17) is 4.74 Å². The smallest absolute Gasteiger partial charge is 0.274 e. The van der Waals surface area contributed by atoms with E-state index in [9.17, 15) is 24.3 Å². The monoisotopic (exact) mass is 991 g/mol. The topological polar surface area (TPSA) is 166 Å². The molecule has 374 valence electrons. The first-order valence-corrected chi connectivity index (χ1v) is 24.7. The number of rotatable bonds is 15. The number of aliphatic hydroxyl groups excluding tert-OH is 1. The Balaban J connectivity index is 0.851. The number of nitrogens with zero attached hydrogens (tertiary/aromatic N) is 4. The second-order valence-electron chi connectivity index (χ2n) is 20.5. The van der Waals surface area contributed by atoms with Crippen molar-refractivity contribution in [2.75, 3.05) is 25.0 Å². The molecule has 5 atom stereocenters. The normalized spacial score (nSPS) is 19.6. The summed E-state index contributed by atoms with van der Waals surface area (Å²) >= 11 is 1.55. The molecule has 4 N–H and O–H groups in total. The fourth-order valence-electron chi connectivity index (χ4n) is 9.85. The molecule has 0 unspecified atom stereocenters. The van der Waals surface area contributed by atoms with Crippen LogP contribution in [0.3, 0.4) is 0 Å². The second kappa shape index (κ2) is 20.8. The first-order chi connectivity index (χ1) is 33.6. The Labute approximate surface area is 415 Å². The van der Waals surface area contributed by atoms with E-state index in [0.29, 0.717) is 18.4 Å². The zero-order valence-corrected chi connectivity index (χ0v) is 41.8. The predicted octanol–water partition coefficient (Wildman–Crippen LogP) is 8.26. The van der Waals surface area contributed by atoms with Crippen molar-refractivity contribution >= 4 is 46.2 Å². The molecule has 1 fully saturated rings. The van der Waals surface area contributed by atoms with Gasteiger partial charge in [0.15, 0.2) is 0 Å². The number of aryl methyl sites for hydroxylation is 1. The maximum atomic E-state index is 16.3. The molecule has 17 heteroatoms. The molecule has 0 spiro atoms. The van der Waals surface area contributed by atoms with Gasteiger partial charge in [0.05, 0.1) is 34.8 Å². The average Bonchev–Trinajstić information content (AvgIpc) is 4.03. The molecule has 2 aliphatic heterocycles. The number of β-amino-alcohol motifs (C(OH)–C–C–N with tert-alkyl or cyclic N) is 1. The fourth-order valence-corrected chi connectivity index (χ4v) is 10.7. The number of fused-ring (bicyclic) bond motifs is 2. The number of carbonyl (C=O) groups is 4. The SMILES string of the molecule is Cc1ncsc1-c1ccc(CNC(=O)[C@@H]2C[C@@H](O)CN2C(=O)[C@@H](NC(=O)COCc2ccc(C(=O)Nc3cc(F)c([C@@H]4C5=C(C[C@@H](C)N4CC(C)(C)F)c4ccccc4C5)c(F)c3)nc2)C(C)(C)C)cc1. The van der Waals surface area contributed by atoms with Gasteiger partial charge in [0.25, 0.3) is 5.91 Å². The molecular weight excluding hydrogens is 932 g/mol. The summed E-state index contributed by atoms with van der Waals surface area (Å²) in [5.74, 6) is -3.98. The van der Waals surface area contributed by atoms with Crippen molar-refractivity contribution < 1.29 is 42.2 Å². The molecule has 4 amide bonds. The van der Waals surface area contributed by atoms with Crippen molar-refractivity contribution in [1.82, 2.24) is 30.4 Å². The van der Waals surface area contributed by atoms with Crippen molar-refractivity contribution in [3.8, 4) is 10.4 Å². The van der Waals surface area contributed by atoms with Gasteiger partial charge in [0.1, 0.15) is 41.7 Å². The van der Waals surface area contributed by atoms with Gasteiger partial charge >= 0.3 is 0 Å². The standard InChI is InChI=1S/C54H60F3N7O6S/c1-30-18-39-38-11-9-8-10-35(38)19-40(39)47(64(30)28-54(6,7)57)46-41(55)20-36(21-42(46)56)61-50(67)43-17-14-33(24-58-43)26-70-27-45(66)62-49(53(3,4)5)52(69)63-25-37(65)22-44(63)51(68)59-23-32-12-15-34(16-13-32)48-31(2)60-29-71-48/h8-17,20-21,24,29-30,37,44,47,49,65H,18-19,22-23,25-28H2,1-7H3,(H,59,68)(H,61,67)(H,62,66)/t30-,37-,44+,47+,49-/m1/s1. The summed E-state index contributed by atoms with van der Waals surface area (Å²) in [6.45, 7) is 11.7. The van der Waals surface area contributed by atoms with Crippen molar-refractivity contribution in [2.45, 2.75) is 117 Å². The van der Waals surface area contributed by atoms with Crippen LogP contribution in [-0.2, 0) is 38.7 Å². The number of anilines is 1. The van der Waals surface area contributed by atoms with E-state index in [1.165, 1.54) is 31.0 Å². The Morgan fingerprint density at radius 2 is 1.66 bits per heavy atom. The van der Waals surface area contributed by atoms with Gasteiger partial charge in [-0.2, -0.15) is 0 Å². The maximum Gasteiger partial charge on any atom is 0.274 e. The van der Waals surface area contributed by atoms with Gasteiger partial charge in [0, 0.05) is 49.5 Å². The van der Waals surface area contributed by atoms with Gasteiger partial charge in [-0.25, -0.2) is 18.2 Å². The van der Waals surface area contributed by atoms with Crippen molar-refractivity contribution in [3.63, 3.8) is 0 Å². The van der Waals surface area contributed by atoms with Crippen LogP contribution in [-0.4, -0.2) is 98.1 Å². The molecule has 0 bridgehead atoms. The highest BCUT2D eigenvalue weighted by Crippen LogP contribution is 2.50. The van der Waals surface area contributed by atoms with Crippen LogP contribution < -0.4 is 16.0 Å². The zero-order chi connectivity index (χ0) is 50.9. The number of amides is 4. The number of alkyl halides is 1. The quantitative estimate of drug-likeness (QED) is 0.0808. The number of halogens is 3. The number of nitrogens with one attached hydrogen (secondary N) is 3. The number of aliphatic hydroxyl groups is 1. The average molecular weight is 992 g/mol. The Morgan fingerprint density at radius 1 is 0.958 bits per heavy atom. The second-order valence-corrected chi connectivity index (χ2v) is 21.3. The minimum absolute atomic E-state index is 0.0381. The van der Waals surface area contributed by atoms with E-state index in [1.807, 2.05) is 67.3 Å². The maximum absolute atomic E-state index is 16.3. The highest BCUT2D eigenvalue weighted by atomic mass is 32.1. The zero-order valence-electron chi connectivity index (χ0n) is 40.9. The minimum Gasteiger partial charge on any atom is -0.391 e. The Kier molecular flexibility index (Phi) is 15.0. The molecule has 13 nitrogen and oxygen atoms in total. The molecule has 8 rings (SSSR count). The summed E-state index contributed by atoms with van der Waals surface area (Å²) in [5, 5.41) is 18.8. The lowest BCUT2D eigenvalue weighted by Gasteiger charge is -2.44. The van der Waals surface area contributed by atoms with Gasteiger partial charge in [-0.1, -0.05) is 75.4 Å². The molecule has 0 radical (unpaired) electrons. The van der Waals surface area contributed by atoms with Gasteiger partial charge in [-0.15, -0.1) is 11.3 Å². The summed E-state index contributed by atoms with van der Waals surface area (Å²) < 4.78 is 53.5. The molecule has 71 heavy (non-hydrogen) atoms. The van der Waals surface area contributed by atoms with Gasteiger partial charge < -0.3 is 30.7 Å². The van der Waals surface area contributed by atoms with Gasteiger partial charge in [-0.05, 0) is 103 Å². The van der Waals surface area contributed by atoms with Crippen LogP contribution in [0.25, 0.3) is 16.0 Å². The van der Waals surface area contributed by atoms with Crippen molar-refractivity contribution in [2.24, 2.45) is 5.41 Å². The van der Waals surface area contributed by atoms with E-state index in [1.54, 1.807) is 43.7 Å². The molecule has 0 saturated carbocycles. The van der Waals surface area contributed by atoms with Crippen LogP contribution in [0.15, 0.2) is 90.1 Å². The Bertz CT molecular complexity index is 2820. The fraction of sp³-hybridized carbons (Fsp3) is 0.407. The number of carbonyl (C=O) groups excluding carboxylic acids is 4. The number of ether oxygens (including phenoxy) is 1. The van der Waals surface area contributed by atoms with Crippen LogP contribution in [0.1, 0.15) is 104 Å². The first-order valence-electron chi connectivity index (χ1n) is 23.8. The van der Waals surface area contributed by atoms with Crippen LogP contribution in [0.4, 0.5) is 18.9 Å². The Morgan fingerprint density at radius 3 is 2.31 bits per heavy atom. The number of hydrogen-bond acceptors (Lipinski definition) is 10. The third-order valence-corrected chi connectivity index (χ3v) is 14.3. The van der Waals surface area contributed by atoms with Gasteiger partial charge in [-0.3, -0.25) is 29.1 Å². The number of benzene rings is 3. The Hall–Kier alpha value is -6.27. The lowest BCUT2D eigenvalue weighted by molar-refractivity contribution is -0.144. The molecule has 3 aromatic carbocycles. The lowest BCUT2D eigenvalue weighted by Crippen LogP contribution is -2.58. The predicted molar refractivity (Wildman–Crippen MR) is 266 cm³/mol. The largest absolute Gasteiger partial charge is 0.391 e. The number of thiazole rings is 1. The van der Waals surface area contributed by atoms with E-state index in [0.717, 1.165) is 56.1 Å². The van der Waals surface area contributed by atoms with E-state index in [2.05, 4.69) is 25.9 Å². The highest BCUT2D eigenvalue weighted by molar-refractivity contribution is 7.13. The lowest BCUT2D eigenvalue weighted by atomic mass is 9.84. The number of aromatic nitrogens is 2. The third kappa shape index (κ3) is 11.6. The number of pyridine rings is 1. The molecular formula is C54H60F3N7O6S. The van der Waals surface area contributed by atoms with E-state index >= 15 is 13.2 Å². The summed E-state index contributed by atoms with van der Waals surface area (Å²) in [7, 11) is 0. The summed E-state index contributed by atoms with van der Waals surface area (Å²) in [4.78, 5) is 66.8. The van der Waals surface area contributed by atoms with Crippen LogP contribution >= 0.6 is 11.3 Å². The first kappa shape index (κ1) is 51.1. The van der Waals surface area contributed by atoms with Crippen molar-refractivity contribution in [1.29, 1.82) is 0 Å². The van der Waals surface area contributed by atoms with Gasteiger partial charge in [0.2, 0.25) is 17.7 Å².